The van der Waals surface area contributed by atoms with E-state index in [1.807, 2.05) is 36.4 Å². The van der Waals surface area contributed by atoms with Crippen LogP contribution in [0.4, 0.5) is 0 Å². The first-order valence-electron chi connectivity index (χ1n) is 20.4. The second-order valence-corrected chi connectivity index (χ2v) is 15.6. The molecule has 0 radical (unpaired) electrons. The molecule has 4 aromatic heterocycles. The lowest BCUT2D eigenvalue weighted by molar-refractivity contribution is 0.669. The molecule has 0 bridgehead atoms. The van der Waals surface area contributed by atoms with Crippen molar-refractivity contribution in [3.63, 3.8) is 0 Å². The van der Waals surface area contributed by atoms with Gasteiger partial charge in [0.1, 0.15) is 22.3 Å². The molecular weight excluding hydrogens is 749 g/mol. The number of rotatable bonds is 5. The molecule has 4 heterocycles. The summed E-state index contributed by atoms with van der Waals surface area (Å²) in [6, 6.07) is 67.4. The van der Waals surface area contributed by atoms with Crippen molar-refractivity contribution in [2.75, 3.05) is 0 Å². The molecule has 284 valence electrons. The standard InChI is InChI=1S/C55H32N4O2/c1-3-12-33(13-4-1)36-22-26-42-45-30-37(25-28-47(45)60-49(42)31-36)40-19-11-20-43-41-18-9-10-21-46(41)59(52(40)43)55-57-53(35-15-5-2-6-16-35)56-54(58-55)38-23-27-44-50(32-38)61-48-29-24-34-14-7-8-17-39(34)51(44)48/h1-32H. The lowest BCUT2D eigenvalue weighted by atomic mass is 9.99. The Bertz CT molecular complexity index is 3880. The van der Waals surface area contributed by atoms with Crippen molar-refractivity contribution in [3.8, 4) is 51.0 Å². The van der Waals surface area contributed by atoms with Crippen molar-refractivity contribution < 1.29 is 8.83 Å². The summed E-state index contributed by atoms with van der Waals surface area (Å²) in [6.45, 7) is 0. The molecule has 0 atom stereocenters. The van der Waals surface area contributed by atoms with Crippen LogP contribution in [0.15, 0.2) is 203 Å². The zero-order chi connectivity index (χ0) is 40.0. The molecule has 13 aromatic rings. The molecule has 0 spiro atoms. The van der Waals surface area contributed by atoms with Gasteiger partial charge in [-0.25, -0.2) is 4.98 Å². The second kappa shape index (κ2) is 13.1. The maximum absolute atomic E-state index is 6.51. The molecule has 0 N–H and O–H groups in total. The summed E-state index contributed by atoms with van der Waals surface area (Å²) < 4.78 is 15.2. The summed E-state index contributed by atoms with van der Waals surface area (Å²) in [7, 11) is 0. The van der Waals surface area contributed by atoms with E-state index in [0.717, 1.165) is 99.1 Å². The highest BCUT2D eigenvalue weighted by atomic mass is 16.3. The van der Waals surface area contributed by atoms with Crippen molar-refractivity contribution in [2.24, 2.45) is 0 Å². The highest BCUT2D eigenvalue weighted by molar-refractivity contribution is 6.19. The first-order valence-corrected chi connectivity index (χ1v) is 20.4. The van der Waals surface area contributed by atoms with Crippen LogP contribution in [0, 0.1) is 0 Å². The Morgan fingerprint density at radius 2 is 0.984 bits per heavy atom. The molecule has 0 saturated carbocycles. The van der Waals surface area contributed by atoms with Gasteiger partial charge in [0.15, 0.2) is 11.6 Å². The maximum Gasteiger partial charge on any atom is 0.238 e. The predicted molar refractivity (Wildman–Crippen MR) is 248 cm³/mol. The van der Waals surface area contributed by atoms with Gasteiger partial charge in [-0.3, -0.25) is 4.57 Å². The minimum absolute atomic E-state index is 0.529. The molecular formula is C55H32N4O2. The molecule has 0 fully saturated rings. The number of benzene rings is 9. The molecule has 0 aliphatic rings. The van der Waals surface area contributed by atoms with E-state index in [2.05, 4.69) is 162 Å². The van der Waals surface area contributed by atoms with Crippen molar-refractivity contribution in [3.05, 3.63) is 194 Å². The highest BCUT2D eigenvalue weighted by Crippen LogP contribution is 2.41. The van der Waals surface area contributed by atoms with E-state index in [-0.39, 0.29) is 0 Å². The van der Waals surface area contributed by atoms with Crippen LogP contribution in [0.3, 0.4) is 0 Å². The summed E-state index contributed by atoms with van der Waals surface area (Å²) in [5, 5.41) is 8.87. The second-order valence-electron chi connectivity index (χ2n) is 15.6. The summed E-state index contributed by atoms with van der Waals surface area (Å²) >= 11 is 0. The van der Waals surface area contributed by atoms with Gasteiger partial charge in [-0.05, 0) is 76.0 Å². The van der Waals surface area contributed by atoms with Crippen LogP contribution in [0.2, 0.25) is 0 Å². The van der Waals surface area contributed by atoms with E-state index >= 15 is 0 Å². The Balaban J connectivity index is 1.03. The Labute approximate surface area is 348 Å². The van der Waals surface area contributed by atoms with E-state index < -0.39 is 0 Å². The Kier molecular flexibility index (Phi) is 7.21. The summed E-state index contributed by atoms with van der Waals surface area (Å²) in [6.07, 6.45) is 0. The fourth-order valence-corrected chi connectivity index (χ4v) is 9.21. The smallest absolute Gasteiger partial charge is 0.238 e. The van der Waals surface area contributed by atoms with E-state index in [1.165, 1.54) is 10.8 Å². The van der Waals surface area contributed by atoms with Gasteiger partial charge in [0.05, 0.1) is 11.0 Å². The summed E-state index contributed by atoms with van der Waals surface area (Å²) in [5.41, 5.74) is 11.5. The van der Waals surface area contributed by atoms with Gasteiger partial charge in [0, 0.05) is 49.0 Å². The molecule has 0 amide bonds. The number of para-hydroxylation sites is 2. The van der Waals surface area contributed by atoms with Gasteiger partial charge in [-0.15, -0.1) is 0 Å². The first-order chi connectivity index (χ1) is 30.2. The maximum atomic E-state index is 6.51. The third kappa shape index (κ3) is 5.26. The van der Waals surface area contributed by atoms with Gasteiger partial charge in [-0.1, -0.05) is 146 Å². The molecule has 0 aliphatic heterocycles. The van der Waals surface area contributed by atoms with Crippen LogP contribution < -0.4 is 0 Å². The lowest BCUT2D eigenvalue weighted by Gasteiger charge is -2.13. The van der Waals surface area contributed by atoms with Gasteiger partial charge >= 0.3 is 0 Å². The van der Waals surface area contributed by atoms with Gasteiger partial charge in [0.25, 0.3) is 0 Å². The largest absolute Gasteiger partial charge is 0.456 e. The van der Waals surface area contributed by atoms with E-state index in [1.54, 1.807) is 0 Å². The lowest BCUT2D eigenvalue weighted by Crippen LogP contribution is -2.07. The number of aromatic nitrogens is 4. The van der Waals surface area contributed by atoms with Crippen LogP contribution >= 0.6 is 0 Å². The molecule has 0 unspecified atom stereocenters. The van der Waals surface area contributed by atoms with Crippen molar-refractivity contribution >= 4 is 76.5 Å². The van der Waals surface area contributed by atoms with E-state index in [9.17, 15) is 0 Å². The van der Waals surface area contributed by atoms with Crippen LogP contribution in [-0.4, -0.2) is 19.5 Å². The van der Waals surface area contributed by atoms with Crippen molar-refractivity contribution in [1.29, 1.82) is 0 Å². The zero-order valence-electron chi connectivity index (χ0n) is 32.6. The highest BCUT2D eigenvalue weighted by Gasteiger charge is 2.22. The minimum Gasteiger partial charge on any atom is -0.456 e. The van der Waals surface area contributed by atoms with Crippen LogP contribution in [-0.2, 0) is 0 Å². The Morgan fingerprint density at radius 3 is 1.85 bits per heavy atom. The molecule has 0 saturated heterocycles. The van der Waals surface area contributed by atoms with Crippen LogP contribution in [0.5, 0.6) is 0 Å². The average molecular weight is 781 g/mol. The fourth-order valence-electron chi connectivity index (χ4n) is 9.21. The zero-order valence-corrected chi connectivity index (χ0v) is 32.6. The average Bonchev–Trinajstić information content (AvgIpc) is 4.01. The number of fused-ring (bicyclic) bond motifs is 11. The quantitative estimate of drug-likeness (QED) is 0.174. The topological polar surface area (TPSA) is 69.9 Å². The first kappa shape index (κ1) is 33.6. The van der Waals surface area contributed by atoms with E-state index in [0.29, 0.717) is 17.6 Å². The minimum atomic E-state index is 0.529. The van der Waals surface area contributed by atoms with Crippen LogP contribution in [0.25, 0.3) is 127 Å². The number of hydrogen-bond donors (Lipinski definition) is 0. The molecule has 6 nitrogen and oxygen atoms in total. The van der Waals surface area contributed by atoms with Crippen LogP contribution in [0.1, 0.15) is 0 Å². The Hall–Kier alpha value is -8.35. The molecule has 9 aromatic carbocycles. The van der Waals surface area contributed by atoms with Gasteiger partial charge in [-0.2, -0.15) is 9.97 Å². The number of furan rings is 2. The van der Waals surface area contributed by atoms with Gasteiger partial charge in [0.2, 0.25) is 5.95 Å². The monoisotopic (exact) mass is 780 g/mol. The predicted octanol–water partition coefficient (Wildman–Crippen LogP) is 14.6. The molecule has 13 rings (SSSR count). The van der Waals surface area contributed by atoms with Crippen molar-refractivity contribution in [2.45, 2.75) is 0 Å². The third-order valence-electron chi connectivity index (χ3n) is 12.1. The number of hydrogen-bond acceptors (Lipinski definition) is 5. The molecule has 0 aliphatic carbocycles. The SMILES string of the molecule is c1ccc(-c2ccc3c(c2)oc2ccc(-c4cccc5c6ccccc6n(-c6nc(-c7ccccc7)nc(-c7ccc8c(c7)oc7ccc9ccccc9c78)n6)c45)cc23)cc1. The summed E-state index contributed by atoms with van der Waals surface area (Å²) in [5.74, 6) is 1.67. The normalized spacial score (nSPS) is 11.9. The van der Waals surface area contributed by atoms with E-state index in [4.69, 9.17) is 23.8 Å². The Morgan fingerprint density at radius 1 is 0.344 bits per heavy atom. The molecule has 6 heteroatoms. The molecule has 61 heavy (non-hydrogen) atoms. The summed E-state index contributed by atoms with van der Waals surface area (Å²) in [4.78, 5) is 15.7. The van der Waals surface area contributed by atoms with Crippen molar-refractivity contribution in [1.82, 2.24) is 19.5 Å². The fraction of sp³-hybridized carbons (Fsp3) is 0. The number of nitrogens with zero attached hydrogens (tertiary/aromatic N) is 4. The third-order valence-corrected chi connectivity index (χ3v) is 12.1. The van der Waals surface area contributed by atoms with Gasteiger partial charge < -0.3 is 8.83 Å².